The normalized spacial score (nSPS) is 12.4. The molecule has 0 aliphatic heterocycles. The second kappa shape index (κ2) is 7.93. The standard InChI is InChI=1S/C16H11BrF3N3O2/c17-12-5-1-10(2-6-12)15(24)14(9-21-25)23-22-13-7-3-11(4-8-13)16(18,19)20/h1-9,22,25H. The highest BCUT2D eigenvalue weighted by Crippen LogP contribution is 2.29. The second-order valence-electron chi connectivity index (χ2n) is 4.76. The van der Waals surface area contributed by atoms with Crippen LogP contribution in [0.1, 0.15) is 15.9 Å². The molecule has 2 N–H and O–H groups in total. The molecular formula is C16H11BrF3N3O2. The Bertz CT molecular complexity index is 801. The third-order valence-electron chi connectivity index (χ3n) is 3.04. The SMILES string of the molecule is O=C(C(C=NO)=NNc1ccc(C(F)(F)F)cc1)c1ccc(Br)cc1. The number of carbonyl (C=O) groups excluding carboxylic acids is 1. The van der Waals surface area contributed by atoms with E-state index in [1.807, 2.05) is 0 Å². The van der Waals surface area contributed by atoms with Crippen molar-refractivity contribution in [2.75, 3.05) is 5.43 Å². The van der Waals surface area contributed by atoms with Gasteiger partial charge in [-0.1, -0.05) is 21.1 Å². The van der Waals surface area contributed by atoms with Gasteiger partial charge in [0.25, 0.3) is 0 Å². The van der Waals surface area contributed by atoms with Gasteiger partial charge in [0.15, 0.2) is 5.71 Å². The monoisotopic (exact) mass is 413 g/mol. The summed E-state index contributed by atoms with van der Waals surface area (Å²) in [6.45, 7) is 0. The van der Waals surface area contributed by atoms with Crippen LogP contribution < -0.4 is 5.43 Å². The van der Waals surface area contributed by atoms with E-state index < -0.39 is 17.5 Å². The van der Waals surface area contributed by atoms with Gasteiger partial charge in [-0.3, -0.25) is 10.2 Å². The Hall–Kier alpha value is -2.68. The molecule has 0 spiro atoms. The molecule has 0 aliphatic rings. The molecule has 0 heterocycles. The third kappa shape index (κ3) is 5.15. The molecule has 25 heavy (non-hydrogen) atoms. The first kappa shape index (κ1) is 18.7. The van der Waals surface area contributed by atoms with Crippen LogP contribution in [0.25, 0.3) is 0 Å². The number of oxime groups is 1. The summed E-state index contributed by atoms with van der Waals surface area (Å²) < 4.78 is 38.3. The van der Waals surface area contributed by atoms with Gasteiger partial charge >= 0.3 is 6.18 Å². The third-order valence-corrected chi connectivity index (χ3v) is 3.57. The first-order valence-corrected chi connectivity index (χ1v) is 7.59. The van der Waals surface area contributed by atoms with Gasteiger partial charge in [0.1, 0.15) is 0 Å². The molecule has 0 aromatic heterocycles. The Labute approximate surface area is 149 Å². The molecule has 0 radical (unpaired) electrons. The van der Waals surface area contributed by atoms with E-state index in [0.29, 0.717) is 5.56 Å². The molecule has 2 aromatic carbocycles. The molecule has 0 aliphatic carbocycles. The molecule has 0 saturated heterocycles. The number of nitrogens with zero attached hydrogens (tertiary/aromatic N) is 2. The summed E-state index contributed by atoms with van der Waals surface area (Å²) in [4.78, 5) is 12.3. The number of hydrazone groups is 1. The summed E-state index contributed by atoms with van der Waals surface area (Å²) in [5, 5.41) is 15.2. The predicted octanol–water partition coefficient (Wildman–Crippen LogP) is 4.58. The zero-order valence-corrected chi connectivity index (χ0v) is 14.0. The van der Waals surface area contributed by atoms with Crippen LogP contribution in [-0.2, 0) is 6.18 Å². The highest BCUT2D eigenvalue weighted by atomic mass is 79.9. The fraction of sp³-hybridized carbons (Fsp3) is 0.0625. The van der Waals surface area contributed by atoms with Crippen molar-refractivity contribution in [3.05, 3.63) is 64.1 Å². The smallest absolute Gasteiger partial charge is 0.411 e. The van der Waals surface area contributed by atoms with Crippen LogP contribution in [0.4, 0.5) is 18.9 Å². The van der Waals surface area contributed by atoms with Crippen molar-refractivity contribution in [3.8, 4) is 0 Å². The number of ketones is 1. The highest BCUT2D eigenvalue weighted by molar-refractivity contribution is 9.10. The van der Waals surface area contributed by atoms with Crippen molar-refractivity contribution < 1.29 is 23.2 Å². The van der Waals surface area contributed by atoms with Gasteiger partial charge in [-0.2, -0.15) is 18.3 Å². The Morgan fingerprint density at radius 1 is 1.08 bits per heavy atom. The maximum atomic E-state index is 12.5. The lowest BCUT2D eigenvalue weighted by molar-refractivity contribution is -0.137. The number of Topliss-reactive ketones (excluding diaryl/α,β-unsaturated/α-hetero) is 1. The first-order chi connectivity index (χ1) is 11.8. The Morgan fingerprint density at radius 2 is 1.68 bits per heavy atom. The summed E-state index contributed by atoms with van der Waals surface area (Å²) in [6, 6.07) is 10.5. The minimum absolute atomic E-state index is 0.218. The van der Waals surface area contributed by atoms with E-state index in [1.54, 1.807) is 24.3 Å². The van der Waals surface area contributed by atoms with Gasteiger partial charge in [0.2, 0.25) is 5.78 Å². The van der Waals surface area contributed by atoms with E-state index in [9.17, 15) is 18.0 Å². The molecule has 130 valence electrons. The van der Waals surface area contributed by atoms with Crippen molar-refractivity contribution in [2.45, 2.75) is 6.18 Å². The maximum absolute atomic E-state index is 12.5. The van der Waals surface area contributed by atoms with E-state index in [2.05, 4.69) is 31.6 Å². The lowest BCUT2D eigenvalue weighted by Gasteiger charge is -2.07. The van der Waals surface area contributed by atoms with E-state index >= 15 is 0 Å². The lowest BCUT2D eigenvalue weighted by Crippen LogP contribution is -2.17. The molecule has 0 bridgehead atoms. The van der Waals surface area contributed by atoms with Crippen molar-refractivity contribution >= 4 is 39.3 Å². The van der Waals surface area contributed by atoms with Gasteiger partial charge < -0.3 is 5.21 Å². The number of hydrogen-bond donors (Lipinski definition) is 2. The Balaban J connectivity index is 2.19. The number of alkyl halides is 3. The van der Waals surface area contributed by atoms with Crippen LogP contribution in [0.5, 0.6) is 0 Å². The molecule has 5 nitrogen and oxygen atoms in total. The first-order valence-electron chi connectivity index (χ1n) is 6.80. The molecule has 0 saturated carbocycles. The van der Waals surface area contributed by atoms with E-state index in [1.165, 1.54) is 12.1 Å². The summed E-state index contributed by atoms with van der Waals surface area (Å²) in [7, 11) is 0. The number of rotatable bonds is 5. The molecule has 0 unspecified atom stereocenters. The van der Waals surface area contributed by atoms with E-state index in [0.717, 1.165) is 22.8 Å². The zero-order valence-electron chi connectivity index (χ0n) is 12.5. The average molecular weight is 414 g/mol. The predicted molar refractivity (Wildman–Crippen MR) is 91.3 cm³/mol. The van der Waals surface area contributed by atoms with Crippen LogP contribution >= 0.6 is 15.9 Å². The Kier molecular flexibility index (Phi) is 5.92. The number of halogens is 4. The Morgan fingerprint density at radius 3 is 2.20 bits per heavy atom. The van der Waals surface area contributed by atoms with Crippen molar-refractivity contribution in [1.29, 1.82) is 0 Å². The number of hydrogen-bond acceptors (Lipinski definition) is 5. The fourth-order valence-electron chi connectivity index (χ4n) is 1.80. The largest absolute Gasteiger partial charge is 0.416 e. The van der Waals surface area contributed by atoms with E-state index in [4.69, 9.17) is 5.21 Å². The molecule has 0 amide bonds. The number of carbonyl (C=O) groups is 1. The van der Waals surface area contributed by atoms with E-state index in [-0.39, 0.29) is 11.4 Å². The minimum Gasteiger partial charge on any atom is -0.411 e. The zero-order chi connectivity index (χ0) is 18.4. The summed E-state index contributed by atoms with van der Waals surface area (Å²) in [5.74, 6) is -0.523. The average Bonchev–Trinajstić information content (AvgIpc) is 2.58. The van der Waals surface area contributed by atoms with Gasteiger partial charge in [0.05, 0.1) is 17.5 Å². The van der Waals surface area contributed by atoms with Crippen LogP contribution in [0.2, 0.25) is 0 Å². The summed E-state index contributed by atoms with van der Waals surface area (Å²) in [6.07, 6.45) is -3.60. The number of nitrogens with one attached hydrogen (secondary N) is 1. The van der Waals surface area contributed by atoms with Crippen molar-refractivity contribution in [1.82, 2.24) is 0 Å². The fourth-order valence-corrected chi connectivity index (χ4v) is 2.06. The summed E-state index contributed by atoms with van der Waals surface area (Å²) >= 11 is 3.24. The molecule has 9 heteroatoms. The van der Waals surface area contributed by atoms with Crippen LogP contribution in [0.15, 0.2) is 63.3 Å². The van der Waals surface area contributed by atoms with Crippen LogP contribution in [0.3, 0.4) is 0 Å². The van der Waals surface area contributed by atoms with Crippen molar-refractivity contribution in [2.24, 2.45) is 10.3 Å². The number of benzene rings is 2. The topological polar surface area (TPSA) is 74.0 Å². The highest BCUT2D eigenvalue weighted by Gasteiger charge is 2.29. The van der Waals surface area contributed by atoms with Gasteiger partial charge in [-0.05, 0) is 48.5 Å². The van der Waals surface area contributed by atoms with Gasteiger partial charge in [0, 0.05) is 10.0 Å². The summed E-state index contributed by atoms with van der Waals surface area (Å²) in [5.41, 5.74) is 1.98. The molecule has 2 aromatic rings. The molecule has 0 fully saturated rings. The molecule has 0 atom stereocenters. The van der Waals surface area contributed by atoms with Gasteiger partial charge in [-0.15, -0.1) is 0 Å². The quantitative estimate of drug-likeness (QED) is 0.326. The van der Waals surface area contributed by atoms with Gasteiger partial charge in [-0.25, -0.2) is 0 Å². The molecular weight excluding hydrogens is 403 g/mol. The maximum Gasteiger partial charge on any atom is 0.416 e. The van der Waals surface area contributed by atoms with Crippen molar-refractivity contribution in [3.63, 3.8) is 0 Å². The minimum atomic E-state index is -4.44. The second-order valence-corrected chi connectivity index (χ2v) is 5.68. The van der Waals surface area contributed by atoms with Crippen LogP contribution in [0, 0.1) is 0 Å². The lowest BCUT2D eigenvalue weighted by atomic mass is 10.1. The number of anilines is 1. The molecule has 2 rings (SSSR count). The van der Waals surface area contributed by atoms with Crippen LogP contribution in [-0.4, -0.2) is 22.9 Å².